The molecule has 0 radical (unpaired) electrons. The fraction of sp³-hybridized carbons (Fsp3) is 0.447. The van der Waals surface area contributed by atoms with E-state index < -0.39 is 35.8 Å². The van der Waals surface area contributed by atoms with Crippen molar-refractivity contribution in [3.8, 4) is 5.75 Å². The number of hydrogen-bond donors (Lipinski definition) is 3. The molecule has 0 aliphatic carbocycles. The van der Waals surface area contributed by atoms with Crippen LogP contribution in [0.25, 0.3) is 0 Å². The molecule has 13 heteroatoms. The maximum absolute atomic E-state index is 14.4. The third-order valence-corrected chi connectivity index (χ3v) is 8.86. The van der Waals surface area contributed by atoms with E-state index in [1.807, 2.05) is 44.2 Å². The first-order valence-corrected chi connectivity index (χ1v) is 17.1. The quantitative estimate of drug-likeness (QED) is 0.235. The zero-order chi connectivity index (χ0) is 37.1. The SMILES string of the molecule is C[C@H](CO)N1C[C@H](C)[C@@H](CN(C)C(=O)Cc2ccccc2)OCCCC[C@H](C)Oc2ccc(NC(=O)Nc3ccc(C(F)(F)F)cc3)cc2C1=O. The number of rotatable bonds is 8. The van der Waals surface area contributed by atoms with Crippen molar-refractivity contribution < 1.29 is 42.1 Å². The maximum Gasteiger partial charge on any atom is 0.416 e. The fourth-order valence-corrected chi connectivity index (χ4v) is 5.78. The summed E-state index contributed by atoms with van der Waals surface area (Å²) < 4.78 is 51.5. The average molecular weight is 713 g/mol. The van der Waals surface area contributed by atoms with Crippen molar-refractivity contribution >= 4 is 29.2 Å². The van der Waals surface area contributed by atoms with Gasteiger partial charge in [-0.25, -0.2) is 4.79 Å². The number of urea groups is 1. The fourth-order valence-electron chi connectivity index (χ4n) is 5.78. The standard InChI is InChI=1S/C38H47F3N4O6/c1-25-22-45(26(2)24-46)36(48)32-21-31(43-37(49)42-30-15-13-29(14-16-30)38(39,40)41)17-18-33(32)51-27(3)10-8-9-19-50-34(25)23-44(4)35(47)20-28-11-6-5-7-12-28/h5-7,11-18,21,25-27,34,46H,8-10,19-20,22-24H2,1-4H3,(H2,42,43,49)/t25-,26+,27-,34+/m0/s1. The number of nitrogens with zero attached hydrogens (tertiary/aromatic N) is 2. The molecule has 4 amide bonds. The number of benzene rings is 3. The predicted octanol–water partition coefficient (Wildman–Crippen LogP) is 6.85. The lowest BCUT2D eigenvalue weighted by Gasteiger charge is -2.36. The van der Waals surface area contributed by atoms with Crippen LogP contribution in [0.1, 0.15) is 61.5 Å². The summed E-state index contributed by atoms with van der Waals surface area (Å²) in [6.07, 6.45) is -2.69. The number of hydrogen-bond acceptors (Lipinski definition) is 6. The lowest BCUT2D eigenvalue weighted by molar-refractivity contribution is -0.137. The molecule has 0 bridgehead atoms. The molecule has 4 rings (SSSR count). The zero-order valence-electron chi connectivity index (χ0n) is 29.4. The highest BCUT2D eigenvalue weighted by Gasteiger charge is 2.32. The predicted molar refractivity (Wildman–Crippen MR) is 189 cm³/mol. The summed E-state index contributed by atoms with van der Waals surface area (Å²) in [6, 6.07) is 16.8. The van der Waals surface area contributed by atoms with E-state index in [1.54, 1.807) is 31.0 Å². The number of anilines is 2. The first kappa shape index (κ1) is 39.2. The number of ether oxygens (including phenoxy) is 2. The van der Waals surface area contributed by atoms with Crippen molar-refractivity contribution in [3.05, 3.63) is 89.5 Å². The summed E-state index contributed by atoms with van der Waals surface area (Å²) in [7, 11) is 1.74. The number of halogens is 3. The molecular formula is C38H47F3N4O6. The minimum Gasteiger partial charge on any atom is -0.490 e. The minimum absolute atomic E-state index is 0.0599. The smallest absolute Gasteiger partial charge is 0.416 e. The zero-order valence-corrected chi connectivity index (χ0v) is 29.4. The molecule has 0 saturated carbocycles. The van der Waals surface area contributed by atoms with E-state index in [0.717, 1.165) is 42.7 Å². The van der Waals surface area contributed by atoms with Crippen molar-refractivity contribution in [2.45, 2.75) is 70.9 Å². The molecule has 0 unspecified atom stereocenters. The number of alkyl halides is 3. The maximum atomic E-state index is 14.4. The molecule has 3 aromatic rings. The van der Waals surface area contributed by atoms with Gasteiger partial charge in [-0.3, -0.25) is 9.59 Å². The van der Waals surface area contributed by atoms with Gasteiger partial charge in [0.25, 0.3) is 5.91 Å². The number of likely N-dealkylation sites (N-methyl/N-ethyl adjacent to an activating group) is 1. The highest BCUT2D eigenvalue weighted by molar-refractivity contribution is 6.02. The summed E-state index contributed by atoms with van der Waals surface area (Å²) in [5, 5.41) is 15.4. The molecule has 1 heterocycles. The van der Waals surface area contributed by atoms with Crippen LogP contribution < -0.4 is 15.4 Å². The summed E-state index contributed by atoms with van der Waals surface area (Å²) in [4.78, 5) is 43.5. The Kier molecular flexibility index (Phi) is 13.9. The van der Waals surface area contributed by atoms with E-state index in [-0.39, 0.29) is 54.4 Å². The van der Waals surface area contributed by atoms with E-state index in [1.165, 1.54) is 11.0 Å². The van der Waals surface area contributed by atoms with Crippen LogP contribution in [0.5, 0.6) is 5.75 Å². The van der Waals surface area contributed by atoms with Crippen molar-refractivity contribution in [1.82, 2.24) is 9.80 Å². The molecule has 4 atom stereocenters. The van der Waals surface area contributed by atoms with Gasteiger partial charge in [-0.15, -0.1) is 0 Å². The molecule has 0 saturated heterocycles. The second kappa shape index (κ2) is 18.0. The van der Waals surface area contributed by atoms with Crippen LogP contribution in [-0.4, -0.2) is 84.4 Å². The summed E-state index contributed by atoms with van der Waals surface area (Å²) in [5.74, 6) is -0.450. The Morgan fingerprint density at radius 1 is 1.00 bits per heavy atom. The van der Waals surface area contributed by atoms with Crippen LogP contribution >= 0.6 is 0 Å². The van der Waals surface area contributed by atoms with Gasteiger partial charge in [0, 0.05) is 44.0 Å². The Bertz CT molecular complexity index is 1610. The van der Waals surface area contributed by atoms with E-state index >= 15 is 0 Å². The highest BCUT2D eigenvalue weighted by atomic mass is 19.4. The number of aliphatic hydroxyl groups excluding tert-OH is 1. The summed E-state index contributed by atoms with van der Waals surface area (Å²) in [5.41, 5.74) is 0.612. The molecule has 3 aromatic carbocycles. The van der Waals surface area contributed by atoms with Crippen molar-refractivity contribution in [2.24, 2.45) is 5.92 Å². The number of fused-ring (bicyclic) bond motifs is 1. The topological polar surface area (TPSA) is 120 Å². The van der Waals surface area contributed by atoms with Gasteiger partial charge in [0.1, 0.15) is 5.75 Å². The number of aliphatic hydroxyl groups is 1. The number of amides is 4. The molecule has 51 heavy (non-hydrogen) atoms. The van der Waals surface area contributed by atoms with Crippen molar-refractivity contribution in [1.29, 1.82) is 0 Å². The largest absolute Gasteiger partial charge is 0.490 e. The third kappa shape index (κ3) is 11.4. The van der Waals surface area contributed by atoms with Gasteiger partial charge in [-0.05, 0) is 81.1 Å². The summed E-state index contributed by atoms with van der Waals surface area (Å²) >= 11 is 0. The van der Waals surface area contributed by atoms with Gasteiger partial charge in [0.2, 0.25) is 5.91 Å². The Hall–Kier alpha value is -4.62. The first-order chi connectivity index (χ1) is 24.2. The lowest BCUT2D eigenvalue weighted by atomic mass is 10.0. The molecule has 10 nitrogen and oxygen atoms in total. The van der Waals surface area contributed by atoms with E-state index in [9.17, 15) is 32.7 Å². The normalized spacial score (nSPS) is 19.6. The van der Waals surface area contributed by atoms with Gasteiger partial charge in [-0.1, -0.05) is 37.3 Å². The van der Waals surface area contributed by atoms with Crippen LogP contribution in [0.2, 0.25) is 0 Å². The molecule has 276 valence electrons. The van der Waals surface area contributed by atoms with Crippen molar-refractivity contribution in [2.75, 3.05) is 44.0 Å². The molecule has 0 aromatic heterocycles. The average Bonchev–Trinajstić information content (AvgIpc) is 3.09. The van der Waals surface area contributed by atoms with Crippen LogP contribution in [-0.2, 0) is 22.1 Å². The van der Waals surface area contributed by atoms with Crippen LogP contribution in [0.4, 0.5) is 29.3 Å². The van der Waals surface area contributed by atoms with Crippen LogP contribution in [0, 0.1) is 5.92 Å². The molecule has 1 aliphatic rings. The Morgan fingerprint density at radius 3 is 2.33 bits per heavy atom. The molecule has 0 fully saturated rings. The number of nitrogens with one attached hydrogen (secondary N) is 2. The third-order valence-electron chi connectivity index (χ3n) is 8.86. The lowest BCUT2D eigenvalue weighted by Crippen LogP contribution is -2.48. The van der Waals surface area contributed by atoms with E-state index in [2.05, 4.69) is 10.6 Å². The van der Waals surface area contributed by atoms with Crippen LogP contribution in [0.3, 0.4) is 0 Å². The van der Waals surface area contributed by atoms with E-state index in [0.29, 0.717) is 25.3 Å². The van der Waals surface area contributed by atoms with Crippen molar-refractivity contribution in [3.63, 3.8) is 0 Å². The van der Waals surface area contributed by atoms with Gasteiger partial charge in [-0.2, -0.15) is 13.2 Å². The van der Waals surface area contributed by atoms with Gasteiger partial charge in [0.05, 0.1) is 42.4 Å². The number of carbonyl (C=O) groups is 3. The molecule has 0 spiro atoms. The Morgan fingerprint density at radius 2 is 1.67 bits per heavy atom. The molecule has 3 N–H and O–H groups in total. The minimum atomic E-state index is -4.51. The first-order valence-electron chi connectivity index (χ1n) is 17.1. The molecular weight excluding hydrogens is 665 g/mol. The van der Waals surface area contributed by atoms with Gasteiger partial charge < -0.3 is 35.0 Å². The Balaban J connectivity index is 1.56. The monoisotopic (exact) mass is 712 g/mol. The second-order valence-corrected chi connectivity index (χ2v) is 13.1. The van der Waals surface area contributed by atoms with Gasteiger partial charge >= 0.3 is 12.2 Å². The van der Waals surface area contributed by atoms with E-state index in [4.69, 9.17) is 9.47 Å². The Labute approximate surface area is 296 Å². The highest BCUT2D eigenvalue weighted by Crippen LogP contribution is 2.31. The van der Waals surface area contributed by atoms with Gasteiger partial charge in [0.15, 0.2) is 0 Å². The van der Waals surface area contributed by atoms with Crippen LogP contribution in [0.15, 0.2) is 72.8 Å². The number of carbonyl (C=O) groups excluding carboxylic acids is 3. The summed E-state index contributed by atoms with van der Waals surface area (Å²) in [6.45, 7) is 6.21. The second-order valence-electron chi connectivity index (χ2n) is 13.1. The molecule has 1 aliphatic heterocycles.